The van der Waals surface area contributed by atoms with Gasteiger partial charge in [0.1, 0.15) is 11.5 Å². The van der Waals surface area contributed by atoms with Crippen LogP contribution in [0, 0.1) is 0 Å². The molecule has 2 N–H and O–H groups in total. The van der Waals surface area contributed by atoms with Crippen LogP contribution in [0.25, 0.3) is 0 Å². The van der Waals surface area contributed by atoms with Crippen molar-refractivity contribution in [1.82, 2.24) is 0 Å². The van der Waals surface area contributed by atoms with Crippen molar-refractivity contribution >= 4 is 28.7 Å². The number of ether oxygens (including phenoxy) is 2. The van der Waals surface area contributed by atoms with E-state index in [1.807, 2.05) is 19.1 Å². The van der Waals surface area contributed by atoms with Crippen LogP contribution in [-0.2, 0) is 0 Å². The molecule has 0 amide bonds. The monoisotopic (exact) mass is 356 g/mol. The summed E-state index contributed by atoms with van der Waals surface area (Å²) in [7, 11) is 0. The van der Waals surface area contributed by atoms with Crippen molar-refractivity contribution in [3.63, 3.8) is 0 Å². The maximum atomic E-state index is 12.2. The van der Waals surface area contributed by atoms with Crippen LogP contribution < -0.4 is 20.1 Å². The maximum Gasteiger partial charge on any atom is 0.573 e. The Morgan fingerprint density at radius 1 is 1.08 bits per heavy atom. The average Bonchev–Trinajstić information content (AvgIpc) is 2.48. The minimum absolute atomic E-state index is 0.214. The van der Waals surface area contributed by atoms with Gasteiger partial charge in [-0.05, 0) is 43.4 Å². The Morgan fingerprint density at radius 2 is 1.83 bits per heavy atom. The van der Waals surface area contributed by atoms with E-state index in [-0.39, 0.29) is 10.9 Å². The van der Waals surface area contributed by atoms with Gasteiger partial charge in [0.25, 0.3) is 0 Å². The molecular formula is C16H15F3N2O2S. The second-order valence-corrected chi connectivity index (χ2v) is 4.99. The van der Waals surface area contributed by atoms with E-state index in [2.05, 4.69) is 15.4 Å². The molecule has 0 fully saturated rings. The molecule has 8 heteroatoms. The van der Waals surface area contributed by atoms with Gasteiger partial charge in [0.05, 0.1) is 12.3 Å². The smallest absolute Gasteiger partial charge is 0.492 e. The molecule has 4 nitrogen and oxygen atoms in total. The quantitative estimate of drug-likeness (QED) is 0.754. The van der Waals surface area contributed by atoms with Crippen molar-refractivity contribution in [2.24, 2.45) is 0 Å². The van der Waals surface area contributed by atoms with E-state index in [0.717, 1.165) is 0 Å². The standard InChI is InChI=1S/C16H15F3N2O2S/c1-2-22-14-9-4-3-8-13(14)21-15(24)20-11-6-5-7-12(10-11)23-16(17,18)19/h3-10H,2H2,1H3,(H2,20,21,24). The molecule has 0 aliphatic rings. The zero-order valence-corrected chi connectivity index (χ0v) is 13.5. The highest BCUT2D eigenvalue weighted by molar-refractivity contribution is 7.80. The van der Waals surface area contributed by atoms with E-state index < -0.39 is 6.36 Å². The van der Waals surface area contributed by atoms with Gasteiger partial charge in [-0.3, -0.25) is 0 Å². The van der Waals surface area contributed by atoms with Crippen molar-refractivity contribution in [1.29, 1.82) is 0 Å². The van der Waals surface area contributed by atoms with Gasteiger partial charge in [-0.2, -0.15) is 0 Å². The molecular weight excluding hydrogens is 341 g/mol. The summed E-state index contributed by atoms with van der Waals surface area (Å²) < 4.78 is 46.1. The van der Waals surface area contributed by atoms with Crippen LogP contribution in [0.15, 0.2) is 48.5 Å². The van der Waals surface area contributed by atoms with Crippen LogP contribution in [0.3, 0.4) is 0 Å². The number of thiocarbonyl (C=S) groups is 1. The summed E-state index contributed by atoms with van der Waals surface area (Å²) in [4.78, 5) is 0. The molecule has 0 atom stereocenters. The highest BCUT2D eigenvalue weighted by Gasteiger charge is 2.31. The molecule has 0 aliphatic heterocycles. The maximum absolute atomic E-state index is 12.2. The van der Waals surface area contributed by atoms with Crippen molar-refractivity contribution < 1.29 is 22.6 Å². The molecule has 2 aromatic rings. The predicted molar refractivity (Wildman–Crippen MR) is 90.6 cm³/mol. The third-order valence-electron chi connectivity index (χ3n) is 2.76. The summed E-state index contributed by atoms with van der Waals surface area (Å²) in [5.74, 6) is 0.295. The number of halogens is 3. The Balaban J connectivity index is 2.04. The minimum Gasteiger partial charge on any atom is -0.492 e. The fourth-order valence-corrected chi connectivity index (χ4v) is 2.13. The Kier molecular flexibility index (Phi) is 5.86. The summed E-state index contributed by atoms with van der Waals surface area (Å²) in [6.07, 6.45) is -4.74. The summed E-state index contributed by atoms with van der Waals surface area (Å²) in [5, 5.41) is 5.96. The highest BCUT2D eigenvalue weighted by Crippen LogP contribution is 2.26. The van der Waals surface area contributed by atoms with Crippen LogP contribution in [-0.4, -0.2) is 18.1 Å². The van der Waals surface area contributed by atoms with E-state index in [1.54, 1.807) is 18.2 Å². The molecule has 128 valence electrons. The molecule has 24 heavy (non-hydrogen) atoms. The molecule has 0 radical (unpaired) electrons. The van der Waals surface area contributed by atoms with Gasteiger partial charge in [0, 0.05) is 11.8 Å². The lowest BCUT2D eigenvalue weighted by atomic mass is 10.3. The molecule has 0 bridgehead atoms. The Hall–Kier alpha value is -2.48. The van der Waals surface area contributed by atoms with Crippen molar-refractivity contribution in [2.75, 3.05) is 17.2 Å². The molecule has 2 aromatic carbocycles. The second-order valence-electron chi connectivity index (χ2n) is 4.58. The van der Waals surface area contributed by atoms with Crippen molar-refractivity contribution in [3.05, 3.63) is 48.5 Å². The minimum atomic E-state index is -4.74. The van der Waals surface area contributed by atoms with Crippen LogP contribution in [0.1, 0.15) is 6.92 Å². The van der Waals surface area contributed by atoms with Crippen LogP contribution in [0.2, 0.25) is 0 Å². The SMILES string of the molecule is CCOc1ccccc1NC(=S)Nc1cccc(OC(F)(F)F)c1. The van der Waals surface area contributed by atoms with Gasteiger partial charge in [-0.15, -0.1) is 13.2 Å². The average molecular weight is 356 g/mol. The normalized spacial score (nSPS) is 10.8. The number of anilines is 2. The molecule has 0 heterocycles. The highest BCUT2D eigenvalue weighted by atomic mass is 32.1. The first-order valence-corrected chi connectivity index (χ1v) is 7.44. The van der Waals surface area contributed by atoms with Crippen LogP contribution in [0.4, 0.5) is 24.5 Å². The summed E-state index contributed by atoms with van der Waals surface area (Å²) >= 11 is 5.17. The zero-order chi connectivity index (χ0) is 17.6. The van der Waals surface area contributed by atoms with Gasteiger partial charge in [-0.25, -0.2) is 0 Å². The van der Waals surface area contributed by atoms with E-state index >= 15 is 0 Å². The first-order valence-electron chi connectivity index (χ1n) is 7.03. The van der Waals surface area contributed by atoms with Gasteiger partial charge in [0.2, 0.25) is 0 Å². The Morgan fingerprint density at radius 3 is 2.54 bits per heavy atom. The van der Waals surface area contributed by atoms with Gasteiger partial charge >= 0.3 is 6.36 Å². The predicted octanol–water partition coefficient (Wildman–Crippen LogP) is 4.79. The Labute approximate surface area is 142 Å². The molecule has 0 saturated carbocycles. The molecule has 0 aliphatic carbocycles. The first kappa shape index (κ1) is 17.9. The van der Waals surface area contributed by atoms with E-state index in [4.69, 9.17) is 17.0 Å². The molecule has 0 spiro atoms. The third kappa shape index (κ3) is 5.62. The van der Waals surface area contributed by atoms with Crippen LogP contribution in [0.5, 0.6) is 11.5 Å². The lowest BCUT2D eigenvalue weighted by Crippen LogP contribution is -2.20. The molecule has 0 saturated heterocycles. The largest absolute Gasteiger partial charge is 0.573 e. The third-order valence-corrected chi connectivity index (χ3v) is 2.96. The second kappa shape index (κ2) is 7.87. The fraction of sp³-hybridized carbons (Fsp3) is 0.188. The number of para-hydroxylation sites is 2. The number of alkyl halides is 3. The van der Waals surface area contributed by atoms with Crippen molar-refractivity contribution in [3.8, 4) is 11.5 Å². The zero-order valence-electron chi connectivity index (χ0n) is 12.7. The number of hydrogen-bond donors (Lipinski definition) is 2. The topological polar surface area (TPSA) is 42.5 Å². The lowest BCUT2D eigenvalue weighted by molar-refractivity contribution is -0.274. The van der Waals surface area contributed by atoms with Gasteiger partial charge in [-0.1, -0.05) is 18.2 Å². The van der Waals surface area contributed by atoms with Gasteiger partial charge in [0.15, 0.2) is 5.11 Å². The Bertz CT molecular complexity index is 708. The molecule has 2 rings (SSSR count). The van der Waals surface area contributed by atoms with Crippen LogP contribution >= 0.6 is 12.2 Å². The lowest BCUT2D eigenvalue weighted by Gasteiger charge is -2.15. The van der Waals surface area contributed by atoms with E-state index in [9.17, 15) is 13.2 Å². The van der Waals surface area contributed by atoms with E-state index in [1.165, 1.54) is 18.2 Å². The summed E-state index contributed by atoms with van der Waals surface area (Å²) in [5.41, 5.74) is 1.02. The summed E-state index contributed by atoms with van der Waals surface area (Å²) in [6.45, 7) is 2.36. The number of benzene rings is 2. The van der Waals surface area contributed by atoms with Gasteiger partial charge < -0.3 is 20.1 Å². The first-order chi connectivity index (χ1) is 11.4. The number of rotatable bonds is 5. The summed E-state index contributed by atoms with van der Waals surface area (Å²) in [6, 6.07) is 12.6. The number of nitrogens with one attached hydrogen (secondary N) is 2. The number of hydrogen-bond acceptors (Lipinski definition) is 3. The molecule has 0 unspecified atom stereocenters. The van der Waals surface area contributed by atoms with Crippen molar-refractivity contribution in [2.45, 2.75) is 13.3 Å². The fourth-order valence-electron chi connectivity index (χ4n) is 1.91. The molecule has 0 aromatic heterocycles. The van der Waals surface area contributed by atoms with E-state index in [0.29, 0.717) is 23.7 Å².